The van der Waals surface area contributed by atoms with Crippen LogP contribution in [-0.2, 0) is 10.3 Å². The Balaban J connectivity index is 1.78. The van der Waals surface area contributed by atoms with Crippen LogP contribution < -0.4 is 5.73 Å². The Morgan fingerprint density at radius 3 is 2.79 bits per heavy atom. The monoisotopic (exact) mass is 265 g/mol. The quantitative estimate of drug-likeness (QED) is 0.888. The van der Waals surface area contributed by atoms with Crippen LogP contribution in [0.2, 0.25) is 0 Å². The molecule has 5 heteroatoms. The molecule has 1 aliphatic carbocycles. The Bertz CT molecular complexity index is 426. The van der Waals surface area contributed by atoms with Crippen molar-refractivity contribution >= 4 is 0 Å². The average Bonchev–Trinajstić information content (AvgIpc) is 2.90. The van der Waals surface area contributed by atoms with E-state index in [0.29, 0.717) is 17.7 Å². The van der Waals surface area contributed by atoms with Crippen LogP contribution in [0, 0.1) is 5.92 Å². The third kappa shape index (κ3) is 2.54. The Kier molecular flexibility index (Phi) is 3.58. The molecule has 2 atom stereocenters. The molecule has 0 radical (unpaired) electrons. The fourth-order valence-electron chi connectivity index (χ4n) is 3.24. The molecule has 1 aromatic rings. The summed E-state index contributed by atoms with van der Waals surface area (Å²) in [5.74, 6) is 2.21. The van der Waals surface area contributed by atoms with Crippen LogP contribution in [0.5, 0.6) is 0 Å². The molecule has 1 saturated carbocycles. The second-order valence-corrected chi connectivity index (χ2v) is 6.12. The van der Waals surface area contributed by atoms with Crippen molar-refractivity contribution in [1.29, 1.82) is 0 Å². The zero-order valence-electron chi connectivity index (χ0n) is 11.6. The molecule has 2 N–H and O–H groups in total. The summed E-state index contributed by atoms with van der Waals surface area (Å²) in [6, 6.07) is 0. The van der Waals surface area contributed by atoms with E-state index in [1.807, 2.05) is 0 Å². The predicted molar refractivity (Wildman–Crippen MR) is 70.6 cm³/mol. The van der Waals surface area contributed by atoms with Gasteiger partial charge in [-0.15, -0.1) is 0 Å². The van der Waals surface area contributed by atoms with Crippen molar-refractivity contribution in [2.24, 2.45) is 11.7 Å². The van der Waals surface area contributed by atoms with Gasteiger partial charge in [-0.1, -0.05) is 31.3 Å². The fraction of sp³-hybridized carbons (Fsp3) is 0.857. The molecule has 2 heterocycles. The topological polar surface area (TPSA) is 74.2 Å². The molecule has 5 nitrogen and oxygen atoms in total. The normalized spacial score (nSPS) is 31.3. The number of hydrogen-bond acceptors (Lipinski definition) is 5. The lowest BCUT2D eigenvalue weighted by Gasteiger charge is -2.30. The van der Waals surface area contributed by atoms with Gasteiger partial charge in [0.05, 0.1) is 5.54 Å². The smallest absolute Gasteiger partial charge is 0.230 e. The average molecular weight is 265 g/mol. The summed E-state index contributed by atoms with van der Waals surface area (Å²) in [7, 11) is 0. The first kappa shape index (κ1) is 13.1. The third-order valence-electron chi connectivity index (χ3n) is 4.59. The summed E-state index contributed by atoms with van der Waals surface area (Å²) < 4.78 is 11.0. The first-order chi connectivity index (χ1) is 9.19. The van der Waals surface area contributed by atoms with Gasteiger partial charge in [-0.05, 0) is 25.2 Å². The lowest BCUT2D eigenvalue weighted by atomic mass is 9.82. The minimum absolute atomic E-state index is 0.321. The largest absolute Gasteiger partial charge is 0.381 e. The van der Waals surface area contributed by atoms with Crippen molar-refractivity contribution in [2.45, 2.75) is 56.9 Å². The first-order valence-electron chi connectivity index (χ1n) is 7.40. The van der Waals surface area contributed by atoms with E-state index in [1.54, 1.807) is 0 Å². The fourth-order valence-corrected chi connectivity index (χ4v) is 3.24. The lowest BCUT2D eigenvalue weighted by molar-refractivity contribution is 0.0392. The van der Waals surface area contributed by atoms with E-state index < -0.39 is 0 Å². The Morgan fingerprint density at radius 2 is 2.05 bits per heavy atom. The van der Waals surface area contributed by atoms with Gasteiger partial charge in [-0.3, -0.25) is 0 Å². The molecule has 3 rings (SSSR count). The molecular weight excluding hydrogens is 242 g/mol. The van der Waals surface area contributed by atoms with Gasteiger partial charge in [0.2, 0.25) is 5.89 Å². The lowest BCUT2D eigenvalue weighted by Crippen LogP contribution is -2.39. The number of nitrogens with two attached hydrogens (primary N) is 1. The molecule has 2 fully saturated rings. The van der Waals surface area contributed by atoms with Crippen molar-refractivity contribution in [1.82, 2.24) is 10.1 Å². The molecule has 1 aromatic heterocycles. The van der Waals surface area contributed by atoms with Gasteiger partial charge in [0.25, 0.3) is 0 Å². The molecule has 2 unspecified atom stereocenters. The highest BCUT2D eigenvalue weighted by atomic mass is 16.5. The van der Waals surface area contributed by atoms with Gasteiger partial charge >= 0.3 is 0 Å². The summed E-state index contributed by atoms with van der Waals surface area (Å²) in [6.07, 6.45) is 6.48. The van der Waals surface area contributed by atoms with E-state index in [0.717, 1.165) is 51.2 Å². The van der Waals surface area contributed by atoms with Gasteiger partial charge in [0.1, 0.15) is 0 Å². The van der Waals surface area contributed by atoms with Gasteiger partial charge in [-0.2, -0.15) is 4.98 Å². The first-order valence-corrected chi connectivity index (χ1v) is 7.40. The highest BCUT2D eigenvalue weighted by Gasteiger charge is 2.36. The highest BCUT2D eigenvalue weighted by molar-refractivity contribution is 5.07. The molecule has 0 bridgehead atoms. The molecule has 0 spiro atoms. The highest BCUT2D eigenvalue weighted by Crippen LogP contribution is 2.35. The number of rotatable bonds is 2. The third-order valence-corrected chi connectivity index (χ3v) is 4.59. The molecule has 19 heavy (non-hydrogen) atoms. The minimum Gasteiger partial charge on any atom is -0.381 e. The van der Waals surface area contributed by atoms with Crippen LogP contribution in [0.1, 0.15) is 63.1 Å². The van der Waals surface area contributed by atoms with E-state index in [9.17, 15) is 0 Å². The standard InChI is InChI=1S/C14H23N3O2/c1-10-9-18-8-5-11(10)12-16-13(17-19-12)14(15)6-3-2-4-7-14/h10-11H,2-9,15H2,1H3. The van der Waals surface area contributed by atoms with Crippen LogP contribution in [0.4, 0.5) is 0 Å². The van der Waals surface area contributed by atoms with Crippen molar-refractivity contribution in [3.63, 3.8) is 0 Å². The second kappa shape index (κ2) is 5.21. The van der Waals surface area contributed by atoms with Gasteiger partial charge in [-0.25, -0.2) is 0 Å². The molecule has 106 valence electrons. The summed E-state index contributed by atoms with van der Waals surface area (Å²) >= 11 is 0. The second-order valence-electron chi connectivity index (χ2n) is 6.12. The number of aromatic nitrogens is 2. The molecule has 1 saturated heterocycles. The number of ether oxygens (including phenoxy) is 1. The van der Waals surface area contributed by atoms with E-state index in [2.05, 4.69) is 17.1 Å². The van der Waals surface area contributed by atoms with Crippen LogP contribution >= 0.6 is 0 Å². The van der Waals surface area contributed by atoms with E-state index in [4.69, 9.17) is 15.0 Å². The van der Waals surface area contributed by atoms with Crippen molar-refractivity contribution in [3.05, 3.63) is 11.7 Å². The zero-order valence-corrected chi connectivity index (χ0v) is 11.6. The van der Waals surface area contributed by atoms with Gasteiger partial charge in [0, 0.05) is 19.1 Å². The van der Waals surface area contributed by atoms with Gasteiger partial charge in [0.15, 0.2) is 5.82 Å². The molecule has 0 amide bonds. The van der Waals surface area contributed by atoms with Crippen molar-refractivity contribution in [3.8, 4) is 0 Å². The summed E-state index contributed by atoms with van der Waals surface area (Å²) in [5, 5.41) is 4.17. The van der Waals surface area contributed by atoms with Crippen LogP contribution in [-0.4, -0.2) is 23.4 Å². The maximum absolute atomic E-state index is 6.45. The zero-order chi connectivity index (χ0) is 13.3. The van der Waals surface area contributed by atoms with Crippen LogP contribution in [0.25, 0.3) is 0 Å². The summed E-state index contributed by atoms with van der Waals surface area (Å²) in [4.78, 5) is 4.62. The maximum atomic E-state index is 6.45. The minimum atomic E-state index is -0.367. The van der Waals surface area contributed by atoms with Crippen molar-refractivity contribution < 1.29 is 9.26 Å². The number of hydrogen-bond donors (Lipinski definition) is 1. The SMILES string of the molecule is CC1COCCC1c1nc(C2(N)CCCCC2)no1. The molecule has 2 aliphatic rings. The van der Waals surface area contributed by atoms with Crippen LogP contribution in [0.3, 0.4) is 0 Å². The summed E-state index contributed by atoms with van der Waals surface area (Å²) in [5.41, 5.74) is 6.08. The molecule has 0 aromatic carbocycles. The van der Waals surface area contributed by atoms with Crippen molar-refractivity contribution in [2.75, 3.05) is 13.2 Å². The summed E-state index contributed by atoms with van der Waals surface area (Å²) in [6.45, 7) is 3.73. The van der Waals surface area contributed by atoms with Gasteiger partial charge < -0.3 is 15.0 Å². The maximum Gasteiger partial charge on any atom is 0.230 e. The van der Waals surface area contributed by atoms with E-state index >= 15 is 0 Å². The van der Waals surface area contributed by atoms with Crippen LogP contribution in [0.15, 0.2) is 4.52 Å². The number of nitrogens with zero attached hydrogens (tertiary/aromatic N) is 2. The molecule has 1 aliphatic heterocycles. The Morgan fingerprint density at radius 1 is 1.26 bits per heavy atom. The van der Waals surface area contributed by atoms with E-state index in [-0.39, 0.29) is 5.54 Å². The van der Waals surface area contributed by atoms with E-state index in [1.165, 1.54) is 6.42 Å². The predicted octanol–water partition coefficient (Wildman–Crippen LogP) is 2.33. The molecular formula is C14H23N3O2. The Labute approximate surface area is 113 Å². The Hall–Kier alpha value is -0.940.